The molecule has 4 nitrogen and oxygen atoms in total. The lowest BCUT2D eigenvalue weighted by Crippen LogP contribution is -2.22. The maximum absolute atomic E-state index is 13.3. The lowest BCUT2D eigenvalue weighted by molar-refractivity contribution is 0.0956. The molecule has 0 aliphatic heterocycles. The highest BCUT2D eigenvalue weighted by molar-refractivity contribution is 6.30. The lowest BCUT2D eigenvalue weighted by atomic mass is 10.1. The molecule has 6 heteroatoms. The highest BCUT2D eigenvalue weighted by atomic mass is 35.5. The molecule has 0 aliphatic carbocycles. The van der Waals surface area contributed by atoms with Gasteiger partial charge in [-0.1, -0.05) is 11.6 Å². The van der Waals surface area contributed by atoms with Crippen molar-refractivity contribution in [2.75, 3.05) is 12.3 Å². The van der Waals surface area contributed by atoms with Gasteiger partial charge >= 0.3 is 0 Å². The van der Waals surface area contributed by atoms with E-state index in [0.717, 1.165) is 0 Å². The number of carbonyl (C=O) groups is 1. The van der Waals surface area contributed by atoms with Crippen LogP contribution in [0.4, 0.5) is 10.1 Å². The molecule has 0 saturated carbocycles. The molecule has 0 aromatic heterocycles. The molecule has 0 bridgehead atoms. The summed E-state index contributed by atoms with van der Waals surface area (Å²) >= 11 is 5.60. The number of hydrogen-bond donors (Lipinski definition) is 2. The minimum absolute atomic E-state index is 0.0157. The van der Waals surface area contributed by atoms with E-state index in [1.807, 2.05) is 6.92 Å². The van der Waals surface area contributed by atoms with Crippen LogP contribution in [0.2, 0.25) is 5.02 Å². The van der Waals surface area contributed by atoms with Crippen LogP contribution in [0.15, 0.2) is 36.4 Å². The number of nitrogens with two attached hydrogens (primary N) is 1. The van der Waals surface area contributed by atoms with Gasteiger partial charge in [-0.05, 0) is 37.3 Å². The summed E-state index contributed by atoms with van der Waals surface area (Å²) in [7, 11) is 0. The fourth-order valence-corrected chi connectivity index (χ4v) is 1.83. The molecule has 1 amide bonds. The molecule has 0 unspecified atom stereocenters. The quantitative estimate of drug-likeness (QED) is 0.848. The van der Waals surface area contributed by atoms with Crippen molar-refractivity contribution in [2.45, 2.75) is 6.92 Å². The minimum Gasteiger partial charge on any atom is -0.455 e. The highest BCUT2D eigenvalue weighted by Crippen LogP contribution is 2.30. The summed E-state index contributed by atoms with van der Waals surface area (Å²) in [6, 6.07) is 8.75. The van der Waals surface area contributed by atoms with Gasteiger partial charge in [0.2, 0.25) is 0 Å². The van der Waals surface area contributed by atoms with Crippen molar-refractivity contribution < 1.29 is 13.9 Å². The van der Waals surface area contributed by atoms with Gasteiger partial charge in [-0.3, -0.25) is 4.79 Å². The fraction of sp³-hybridized carbons (Fsp3) is 0.133. The topological polar surface area (TPSA) is 64.3 Å². The Bertz CT molecular complexity index is 677. The van der Waals surface area contributed by atoms with Crippen molar-refractivity contribution in [3.63, 3.8) is 0 Å². The Morgan fingerprint density at radius 2 is 2.10 bits per heavy atom. The average molecular weight is 309 g/mol. The summed E-state index contributed by atoms with van der Waals surface area (Å²) in [6.45, 7) is 2.36. The molecule has 2 rings (SSSR count). The van der Waals surface area contributed by atoms with Crippen molar-refractivity contribution >= 4 is 23.2 Å². The SMILES string of the molecule is CCNC(=O)c1ccc(Oc2ccc(Cl)c(F)c2)c(N)c1. The fourth-order valence-electron chi connectivity index (χ4n) is 1.71. The average Bonchev–Trinajstić information content (AvgIpc) is 2.45. The second-order valence-corrected chi connectivity index (χ2v) is 4.70. The van der Waals surface area contributed by atoms with E-state index in [4.69, 9.17) is 22.1 Å². The third kappa shape index (κ3) is 3.64. The first-order valence-corrected chi connectivity index (χ1v) is 6.69. The third-order valence-corrected chi connectivity index (χ3v) is 3.03. The number of halogens is 2. The van der Waals surface area contributed by atoms with Crippen LogP contribution < -0.4 is 15.8 Å². The molecule has 0 saturated heterocycles. The van der Waals surface area contributed by atoms with Gasteiger partial charge in [0.25, 0.3) is 5.91 Å². The van der Waals surface area contributed by atoms with Gasteiger partial charge in [0, 0.05) is 18.2 Å². The van der Waals surface area contributed by atoms with Gasteiger partial charge in [-0.2, -0.15) is 0 Å². The predicted molar refractivity (Wildman–Crippen MR) is 80.3 cm³/mol. The van der Waals surface area contributed by atoms with E-state index in [-0.39, 0.29) is 22.4 Å². The summed E-state index contributed by atoms with van der Waals surface area (Å²) in [6.07, 6.45) is 0. The molecular formula is C15H14ClFN2O2. The Morgan fingerprint density at radius 1 is 1.33 bits per heavy atom. The number of benzene rings is 2. The molecule has 21 heavy (non-hydrogen) atoms. The van der Waals surface area contributed by atoms with E-state index >= 15 is 0 Å². The van der Waals surface area contributed by atoms with Gasteiger partial charge in [-0.25, -0.2) is 4.39 Å². The van der Waals surface area contributed by atoms with E-state index in [9.17, 15) is 9.18 Å². The number of nitrogens with one attached hydrogen (secondary N) is 1. The first-order valence-electron chi connectivity index (χ1n) is 6.32. The number of carbonyl (C=O) groups excluding carboxylic acids is 1. The first kappa shape index (κ1) is 15.1. The molecule has 2 aromatic rings. The van der Waals surface area contributed by atoms with Gasteiger partial charge in [0.15, 0.2) is 0 Å². The Kier molecular flexibility index (Phi) is 4.65. The number of anilines is 1. The second kappa shape index (κ2) is 6.45. The second-order valence-electron chi connectivity index (χ2n) is 4.29. The number of nitrogen functional groups attached to an aromatic ring is 1. The lowest BCUT2D eigenvalue weighted by Gasteiger charge is -2.10. The van der Waals surface area contributed by atoms with Crippen molar-refractivity contribution in [3.8, 4) is 11.5 Å². The molecule has 0 fully saturated rings. The predicted octanol–water partition coefficient (Wildman–Crippen LogP) is 3.60. The van der Waals surface area contributed by atoms with Crippen LogP contribution in [-0.2, 0) is 0 Å². The summed E-state index contributed by atoms with van der Waals surface area (Å²) in [5.41, 5.74) is 6.57. The summed E-state index contributed by atoms with van der Waals surface area (Å²) in [5.74, 6) is -0.181. The molecular weight excluding hydrogens is 295 g/mol. The zero-order chi connectivity index (χ0) is 15.4. The van der Waals surface area contributed by atoms with Gasteiger partial charge < -0.3 is 15.8 Å². The van der Waals surface area contributed by atoms with Crippen LogP contribution in [0.1, 0.15) is 17.3 Å². The molecule has 0 heterocycles. The van der Waals surface area contributed by atoms with Crippen molar-refractivity contribution in [2.24, 2.45) is 0 Å². The Hall–Kier alpha value is -2.27. The maximum atomic E-state index is 13.3. The molecule has 2 aromatic carbocycles. The van der Waals surface area contributed by atoms with Crippen molar-refractivity contribution in [1.29, 1.82) is 0 Å². The monoisotopic (exact) mass is 308 g/mol. The Labute approximate surface area is 126 Å². The Balaban J connectivity index is 2.21. The van der Waals surface area contributed by atoms with Crippen LogP contribution in [0.5, 0.6) is 11.5 Å². The molecule has 0 radical (unpaired) electrons. The maximum Gasteiger partial charge on any atom is 0.251 e. The molecule has 0 atom stereocenters. The number of rotatable bonds is 4. The van der Waals surface area contributed by atoms with Gasteiger partial charge in [-0.15, -0.1) is 0 Å². The molecule has 0 spiro atoms. The minimum atomic E-state index is -0.577. The molecule has 110 valence electrons. The smallest absolute Gasteiger partial charge is 0.251 e. The van der Waals surface area contributed by atoms with E-state index in [2.05, 4.69) is 5.32 Å². The zero-order valence-electron chi connectivity index (χ0n) is 11.3. The standard InChI is InChI=1S/C15H14ClFN2O2/c1-2-19-15(20)9-3-6-14(13(18)7-9)21-10-4-5-11(16)12(17)8-10/h3-8H,2,18H2,1H3,(H,19,20). The van der Waals surface area contributed by atoms with Crippen LogP contribution in [0.25, 0.3) is 0 Å². The van der Waals surface area contributed by atoms with Crippen LogP contribution in [0.3, 0.4) is 0 Å². The number of amides is 1. The van der Waals surface area contributed by atoms with E-state index in [1.54, 1.807) is 12.1 Å². The van der Waals surface area contributed by atoms with Crippen molar-refractivity contribution in [3.05, 3.63) is 52.8 Å². The first-order chi connectivity index (χ1) is 10.0. The Morgan fingerprint density at radius 3 is 2.71 bits per heavy atom. The summed E-state index contributed by atoms with van der Waals surface area (Å²) in [5, 5.41) is 2.69. The number of ether oxygens (including phenoxy) is 1. The van der Waals surface area contributed by atoms with Crippen LogP contribution in [-0.4, -0.2) is 12.5 Å². The normalized spacial score (nSPS) is 10.2. The summed E-state index contributed by atoms with van der Waals surface area (Å²) in [4.78, 5) is 11.7. The van der Waals surface area contributed by atoms with E-state index in [0.29, 0.717) is 17.9 Å². The van der Waals surface area contributed by atoms with Gasteiger partial charge in [0.05, 0.1) is 10.7 Å². The van der Waals surface area contributed by atoms with Crippen molar-refractivity contribution in [1.82, 2.24) is 5.32 Å². The highest BCUT2D eigenvalue weighted by Gasteiger charge is 2.09. The van der Waals surface area contributed by atoms with Gasteiger partial charge in [0.1, 0.15) is 17.3 Å². The number of hydrogen-bond acceptors (Lipinski definition) is 3. The molecule has 3 N–H and O–H groups in total. The summed E-state index contributed by atoms with van der Waals surface area (Å²) < 4.78 is 18.8. The largest absolute Gasteiger partial charge is 0.455 e. The van der Waals surface area contributed by atoms with E-state index < -0.39 is 5.82 Å². The molecule has 0 aliphatic rings. The van der Waals surface area contributed by atoms with E-state index in [1.165, 1.54) is 24.3 Å². The van der Waals surface area contributed by atoms with Crippen LogP contribution >= 0.6 is 11.6 Å². The zero-order valence-corrected chi connectivity index (χ0v) is 12.1. The third-order valence-electron chi connectivity index (χ3n) is 2.73. The van der Waals surface area contributed by atoms with Crippen LogP contribution in [0, 0.1) is 5.82 Å².